The number of anilines is 1. The number of benzene rings is 1. The molecule has 1 fully saturated rings. The molecule has 1 aromatic heterocycles. The Morgan fingerprint density at radius 1 is 1.11 bits per heavy atom. The fourth-order valence-electron chi connectivity index (χ4n) is 3.16. The van der Waals surface area contributed by atoms with Crippen LogP contribution in [0.3, 0.4) is 0 Å². The van der Waals surface area contributed by atoms with Gasteiger partial charge in [0.1, 0.15) is 0 Å². The number of nitrogens with zero attached hydrogens (tertiary/aromatic N) is 5. The van der Waals surface area contributed by atoms with Crippen molar-refractivity contribution in [1.82, 2.24) is 19.8 Å². The maximum Gasteiger partial charge on any atom is 0.236 e. The molecule has 1 aliphatic heterocycles. The molecule has 1 unspecified atom stereocenters. The summed E-state index contributed by atoms with van der Waals surface area (Å²) in [5, 5.41) is 8.68. The molecule has 7 nitrogen and oxygen atoms in total. The lowest BCUT2D eigenvalue weighted by Gasteiger charge is -2.37. The van der Waals surface area contributed by atoms with Gasteiger partial charge in [-0.2, -0.15) is 0 Å². The molecule has 1 amide bonds. The first-order valence-corrected chi connectivity index (χ1v) is 10.1. The van der Waals surface area contributed by atoms with Crippen molar-refractivity contribution >= 4 is 23.4 Å². The Morgan fingerprint density at radius 3 is 2.30 bits per heavy atom. The number of piperazine rings is 1. The lowest BCUT2D eigenvalue weighted by Crippen LogP contribution is -2.50. The van der Waals surface area contributed by atoms with Crippen LogP contribution in [0.4, 0.5) is 5.69 Å². The number of aromatic nitrogens is 3. The van der Waals surface area contributed by atoms with Crippen molar-refractivity contribution in [3.05, 3.63) is 36.2 Å². The third-order valence-electron chi connectivity index (χ3n) is 4.68. The van der Waals surface area contributed by atoms with Crippen molar-refractivity contribution in [2.24, 2.45) is 0 Å². The van der Waals surface area contributed by atoms with Gasteiger partial charge in [-0.15, -0.1) is 10.2 Å². The number of para-hydroxylation sites is 1. The van der Waals surface area contributed by atoms with Crippen LogP contribution in [0.5, 0.6) is 0 Å². The summed E-state index contributed by atoms with van der Waals surface area (Å²) >= 11 is 1.37. The zero-order valence-electron chi connectivity index (χ0n) is 16.4. The van der Waals surface area contributed by atoms with Crippen LogP contribution >= 0.6 is 11.8 Å². The number of hydrogen-bond donors (Lipinski definition) is 1. The van der Waals surface area contributed by atoms with Crippen LogP contribution in [-0.4, -0.2) is 57.1 Å². The topological polar surface area (TPSA) is 80.3 Å². The van der Waals surface area contributed by atoms with Gasteiger partial charge in [0.2, 0.25) is 11.1 Å². The van der Waals surface area contributed by atoms with Crippen LogP contribution in [0.1, 0.15) is 33.5 Å². The van der Waals surface area contributed by atoms with Gasteiger partial charge in [0.25, 0.3) is 0 Å². The molecule has 1 atom stereocenters. The van der Waals surface area contributed by atoms with Gasteiger partial charge in [0.05, 0.1) is 5.25 Å². The van der Waals surface area contributed by atoms with Crippen LogP contribution in [0.15, 0.2) is 35.5 Å². The van der Waals surface area contributed by atoms with Crippen molar-refractivity contribution in [2.75, 3.05) is 36.9 Å². The minimum absolute atomic E-state index is 0.119. The van der Waals surface area contributed by atoms with Crippen molar-refractivity contribution in [1.29, 1.82) is 0 Å². The molecule has 0 spiro atoms. The second-order valence-corrected chi connectivity index (χ2v) is 9.14. The predicted octanol–water partition coefficient (Wildman–Crippen LogP) is 2.12. The first-order chi connectivity index (χ1) is 12.8. The highest BCUT2D eigenvalue weighted by molar-refractivity contribution is 8.00. The summed E-state index contributed by atoms with van der Waals surface area (Å²) in [6.45, 7) is 11.1. The van der Waals surface area contributed by atoms with Gasteiger partial charge in [-0.05, 0) is 19.1 Å². The van der Waals surface area contributed by atoms with E-state index in [9.17, 15) is 4.79 Å². The van der Waals surface area contributed by atoms with Crippen LogP contribution < -0.4 is 10.7 Å². The number of carbonyl (C=O) groups excluding carboxylic acids is 1. The minimum Gasteiger partial charge on any atom is -0.368 e. The maximum absolute atomic E-state index is 12.8. The van der Waals surface area contributed by atoms with Crippen LogP contribution in [0.2, 0.25) is 0 Å². The van der Waals surface area contributed by atoms with Gasteiger partial charge in [-0.1, -0.05) is 50.7 Å². The SMILES string of the molecule is CC(Sc1nnc(C(C)(C)C)n1N)C(=O)N1CCN(c2ccccc2)CC1. The Hall–Kier alpha value is -2.22. The molecular formula is C19H28N6OS. The first-order valence-electron chi connectivity index (χ1n) is 9.24. The fraction of sp³-hybridized carbons (Fsp3) is 0.526. The standard InChI is InChI=1S/C19H28N6OS/c1-14(27-18-22-21-17(25(18)20)19(2,3)4)16(26)24-12-10-23(11-13-24)15-8-6-5-7-9-15/h5-9,14H,10-13,20H2,1-4H3. The summed E-state index contributed by atoms with van der Waals surface area (Å²) in [4.78, 5) is 17.1. The fourth-order valence-corrected chi connectivity index (χ4v) is 4.01. The molecular weight excluding hydrogens is 360 g/mol. The summed E-state index contributed by atoms with van der Waals surface area (Å²) in [5.74, 6) is 6.97. The van der Waals surface area contributed by atoms with E-state index in [0.717, 1.165) is 26.2 Å². The Morgan fingerprint density at radius 2 is 1.74 bits per heavy atom. The number of nitrogens with two attached hydrogens (primary N) is 1. The van der Waals surface area contributed by atoms with E-state index in [1.807, 2.05) is 50.8 Å². The molecule has 0 aliphatic carbocycles. The Balaban J connectivity index is 1.58. The zero-order chi connectivity index (χ0) is 19.6. The van der Waals surface area contributed by atoms with Gasteiger partial charge < -0.3 is 15.6 Å². The Labute approximate surface area is 164 Å². The third kappa shape index (κ3) is 4.37. The van der Waals surface area contributed by atoms with Gasteiger partial charge in [-0.3, -0.25) is 4.79 Å². The molecule has 2 aromatic rings. The van der Waals surface area contributed by atoms with Crippen molar-refractivity contribution in [3.8, 4) is 0 Å². The number of amides is 1. The van der Waals surface area contributed by atoms with Crippen molar-refractivity contribution < 1.29 is 4.79 Å². The Bertz CT molecular complexity index is 777. The smallest absolute Gasteiger partial charge is 0.236 e. The molecule has 3 rings (SSSR count). The molecule has 0 bridgehead atoms. The summed E-state index contributed by atoms with van der Waals surface area (Å²) in [7, 11) is 0. The van der Waals surface area contributed by atoms with E-state index in [1.54, 1.807) is 0 Å². The van der Waals surface area contributed by atoms with Gasteiger partial charge in [-0.25, -0.2) is 4.68 Å². The number of hydrogen-bond acceptors (Lipinski definition) is 6. The number of rotatable bonds is 4. The predicted molar refractivity (Wildman–Crippen MR) is 109 cm³/mol. The van der Waals surface area contributed by atoms with Crippen LogP contribution in [0.25, 0.3) is 0 Å². The molecule has 1 saturated heterocycles. The zero-order valence-corrected chi connectivity index (χ0v) is 17.2. The summed E-state index contributed by atoms with van der Waals surface area (Å²) in [6.07, 6.45) is 0. The monoisotopic (exact) mass is 388 g/mol. The summed E-state index contributed by atoms with van der Waals surface area (Å²) < 4.78 is 1.50. The lowest BCUT2D eigenvalue weighted by atomic mass is 9.96. The largest absolute Gasteiger partial charge is 0.368 e. The first kappa shape index (κ1) is 19.5. The van der Waals surface area contributed by atoms with E-state index in [0.29, 0.717) is 11.0 Å². The maximum atomic E-state index is 12.8. The van der Waals surface area contributed by atoms with E-state index in [2.05, 4.69) is 27.2 Å². The highest BCUT2D eigenvalue weighted by atomic mass is 32.2. The molecule has 2 heterocycles. The average Bonchev–Trinajstić information content (AvgIpc) is 3.02. The van der Waals surface area contributed by atoms with E-state index in [-0.39, 0.29) is 16.6 Å². The van der Waals surface area contributed by atoms with Gasteiger partial charge in [0.15, 0.2) is 5.82 Å². The van der Waals surface area contributed by atoms with E-state index < -0.39 is 0 Å². The highest BCUT2D eigenvalue weighted by Gasteiger charge is 2.28. The van der Waals surface area contributed by atoms with Gasteiger partial charge in [0, 0.05) is 37.3 Å². The van der Waals surface area contributed by atoms with Crippen molar-refractivity contribution in [2.45, 2.75) is 43.5 Å². The summed E-state index contributed by atoms with van der Waals surface area (Å²) in [6, 6.07) is 10.3. The highest BCUT2D eigenvalue weighted by Crippen LogP contribution is 2.27. The second kappa shape index (κ2) is 7.80. The molecule has 0 saturated carbocycles. The number of carbonyl (C=O) groups is 1. The quantitative estimate of drug-likeness (QED) is 0.638. The van der Waals surface area contributed by atoms with Gasteiger partial charge >= 0.3 is 0 Å². The van der Waals surface area contributed by atoms with Crippen LogP contribution in [-0.2, 0) is 10.2 Å². The lowest BCUT2D eigenvalue weighted by molar-refractivity contribution is -0.130. The second-order valence-electron chi connectivity index (χ2n) is 7.83. The average molecular weight is 389 g/mol. The molecule has 27 heavy (non-hydrogen) atoms. The molecule has 146 valence electrons. The van der Waals surface area contributed by atoms with Crippen LogP contribution in [0, 0.1) is 0 Å². The third-order valence-corrected chi connectivity index (χ3v) is 5.72. The van der Waals surface area contributed by atoms with Crippen molar-refractivity contribution in [3.63, 3.8) is 0 Å². The molecule has 1 aliphatic rings. The molecule has 0 radical (unpaired) electrons. The normalized spacial score (nSPS) is 16.4. The number of nitrogen functional groups attached to an aromatic ring is 1. The number of thioether (sulfide) groups is 1. The van der Waals surface area contributed by atoms with E-state index in [1.165, 1.54) is 22.1 Å². The van der Waals surface area contributed by atoms with E-state index in [4.69, 9.17) is 5.84 Å². The minimum atomic E-state index is -0.257. The molecule has 1 aromatic carbocycles. The van der Waals surface area contributed by atoms with E-state index >= 15 is 0 Å². The summed E-state index contributed by atoms with van der Waals surface area (Å²) in [5.41, 5.74) is 1.01. The molecule has 2 N–H and O–H groups in total. The molecule has 8 heteroatoms. The Kier molecular flexibility index (Phi) is 5.64.